The first-order valence-electron chi connectivity index (χ1n) is 6.36. The Kier molecular flexibility index (Phi) is 4.93. The predicted octanol–water partition coefficient (Wildman–Crippen LogP) is 2.71. The standard InChI is InChI=1S/C13H15F5N2/c14-8-5-9(15)13(10(16)6-8)11(7-12(17)18)20-3-1-19-2-4-20/h5-6,11-12,19H,1-4,7H2/t11-/m1/s1. The van der Waals surface area contributed by atoms with Crippen molar-refractivity contribution in [2.24, 2.45) is 0 Å². The Balaban J connectivity index is 2.35. The number of rotatable bonds is 4. The maximum absolute atomic E-state index is 13.8. The van der Waals surface area contributed by atoms with E-state index in [-0.39, 0.29) is 0 Å². The Morgan fingerprint density at radius 2 is 1.60 bits per heavy atom. The van der Waals surface area contributed by atoms with Crippen LogP contribution >= 0.6 is 0 Å². The Hall–Kier alpha value is -1.21. The zero-order chi connectivity index (χ0) is 14.7. The normalized spacial score (nSPS) is 18.5. The summed E-state index contributed by atoms with van der Waals surface area (Å²) in [7, 11) is 0. The maximum atomic E-state index is 13.8. The molecule has 112 valence electrons. The summed E-state index contributed by atoms with van der Waals surface area (Å²) in [6, 6.07) is -0.0317. The van der Waals surface area contributed by atoms with E-state index in [1.807, 2.05) is 0 Å². The number of hydrogen-bond donors (Lipinski definition) is 1. The van der Waals surface area contributed by atoms with E-state index in [1.54, 1.807) is 4.90 Å². The number of benzene rings is 1. The highest BCUT2D eigenvalue weighted by atomic mass is 19.3. The third-order valence-corrected chi connectivity index (χ3v) is 3.37. The van der Waals surface area contributed by atoms with E-state index < -0.39 is 41.9 Å². The summed E-state index contributed by atoms with van der Waals surface area (Å²) in [6.45, 7) is 1.94. The molecule has 0 radical (unpaired) electrons. The van der Waals surface area contributed by atoms with E-state index in [0.29, 0.717) is 38.3 Å². The van der Waals surface area contributed by atoms with Gasteiger partial charge < -0.3 is 5.32 Å². The van der Waals surface area contributed by atoms with Crippen LogP contribution in [0.1, 0.15) is 18.0 Å². The quantitative estimate of drug-likeness (QED) is 0.859. The highest BCUT2D eigenvalue weighted by Gasteiger charge is 2.30. The lowest BCUT2D eigenvalue weighted by molar-refractivity contribution is 0.0709. The summed E-state index contributed by atoms with van der Waals surface area (Å²) in [5.74, 6) is -3.29. The van der Waals surface area contributed by atoms with Crippen molar-refractivity contribution in [3.8, 4) is 0 Å². The highest BCUT2D eigenvalue weighted by Crippen LogP contribution is 2.32. The molecule has 1 saturated heterocycles. The van der Waals surface area contributed by atoms with Gasteiger partial charge in [0.2, 0.25) is 6.43 Å². The van der Waals surface area contributed by atoms with E-state index in [2.05, 4.69) is 5.32 Å². The molecule has 0 amide bonds. The van der Waals surface area contributed by atoms with E-state index in [9.17, 15) is 22.0 Å². The number of piperazine rings is 1. The van der Waals surface area contributed by atoms with Crippen LogP contribution in [-0.2, 0) is 0 Å². The smallest absolute Gasteiger partial charge is 0.240 e. The van der Waals surface area contributed by atoms with Gasteiger partial charge in [0.15, 0.2) is 0 Å². The van der Waals surface area contributed by atoms with Gasteiger partial charge in [-0.15, -0.1) is 0 Å². The van der Waals surface area contributed by atoms with Crippen molar-refractivity contribution >= 4 is 0 Å². The van der Waals surface area contributed by atoms with Crippen molar-refractivity contribution < 1.29 is 22.0 Å². The second kappa shape index (κ2) is 6.49. The fraction of sp³-hybridized carbons (Fsp3) is 0.538. The molecule has 1 fully saturated rings. The van der Waals surface area contributed by atoms with Gasteiger partial charge in [-0.2, -0.15) is 0 Å². The van der Waals surface area contributed by atoms with Crippen molar-refractivity contribution in [3.63, 3.8) is 0 Å². The van der Waals surface area contributed by atoms with Crippen LogP contribution in [0.3, 0.4) is 0 Å². The maximum Gasteiger partial charge on any atom is 0.240 e. The third-order valence-electron chi connectivity index (χ3n) is 3.37. The lowest BCUT2D eigenvalue weighted by Gasteiger charge is -2.35. The van der Waals surface area contributed by atoms with Crippen molar-refractivity contribution in [2.75, 3.05) is 26.2 Å². The lowest BCUT2D eigenvalue weighted by atomic mass is 10.00. The molecule has 1 N–H and O–H groups in total. The number of hydrogen-bond acceptors (Lipinski definition) is 2. The van der Waals surface area contributed by atoms with Gasteiger partial charge in [0.1, 0.15) is 17.5 Å². The second-order valence-electron chi connectivity index (χ2n) is 4.71. The molecule has 1 aliphatic rings. The fourth-order valence-corrected chi connectivity index (χ4v) is 2.48. The summed E-state index contributed by atoms with van der Waals surface area (Å²) >= 11 is 0. The average molecular weight is 294 g/mol. The number of nitrogens with zero attached hydrogens (tertiary/aromatic N) is 1. The first-order valence-corrected chi connectivity index (χ1v) is 6.36. The molecular formula is C13H15F5N2. The second-order valence-corrected chi connectivity index (χ2v) is 4.71. The molecule has 0 saturated carbocycles. The molecule has 20 heavy (non-hydrogen) atoms. The van der Waals surface area contributed by atoms with Crippen LogP contribution < -0.4 is 5.32 Å². The van der Waals surface area contributed by atoms with Gasteiger partial charge in [-0.25, -0.2) is 22.0 Å². The van der Waals surface area contributed by atoms with Crippen LogP contribution in [0.2, 0.25) is 0 Å². The summed E-state index contributed by atoms with van der Waals surface area (Å²) in [6.07, 6.45) is -3.38. The molecule has 0 bridgehead atoms. The van der Waals surface area contributed by atoms with Crippen LogP contribution in [0.5, 0.6) is 0 Å². The number of halogens is 5. The highest BCUT2D eigenvalue weighted by molar-refractivity contribution is 5.24. The molecular weight excluding hydrogens is 279 g/mol. The van der Waals surface area contributed by atoms with Gasteiger partial charge in [-0.3, -0.25) is 4.90 Å². The summed E-state index contributed by atoms with van der Waals surface area (Å²) in [4.78, 5) is 1.60. The van der Waals surface area contributed by atoms with Gasteiger partial charge in [-0.05, 0) is 0 Å². The predicted molar refractivity (Wildman–Crippen MR) is 64.1 cm³/mol. The molecule has 1 atom stereocenters. The Labute approximate surface area is 113 Å². The number of alkyl halides is 2. The van der Waals surface area contributed by atoms with Gasteiger partial charge in [0.05, 0.1) is 0 Å². The van der Waals surface area contributed by atoms with Gasteiger partial charge in [0.25, 0.3) is 0 Å². The zero-order valence-corrected chi connectivity index (χ0v) is 10.7. The molecule has 1 heterocycles. The van der Waals surface area contributed by atoms with Gasteiger partial charge in [-0.1, -0.05) is 0 Å². The largest absolute Gasteiger partial charge is 0.314 e. The minimum Gasteiger partial charge on any atom is -0.314 e. The summed E-state index contributed by atoms with van der Waals surface area (Å²) in [5, 5.41) is 3.04. The van der Waals surface area contributed by atoms with Crippen LogP contribution in [0.15, 0.2) is 12.1 Å². The van der Waals surface area contributed by atoms with Crippen molar-refractivity contribution in [2.45, 2.75) is 18.9 Å². The first kappa shape index (κ1) is 15.2. The van der Waals surface area contributed by atoms with E-state index in [4.69, 9.17) is 0 Å². The summed E-state index contributed by atoms with van der Waals surface area (Å²) in [5.41, 5.74) is -0.478. The summed E-state index contributed by atoms with van der Waals surface area (Å²) < 4.78 is 65.9. The molecule has 1 aliphatic heterocycles. The molecule has 0 aromatic heterocycles. The van der Waals surface area contributed by atoms with Crippen molar-refractivity contribution in [1.82, 2.24) is 10.2 Å². The molecule has 0 unspecified atom stereocenters. The lowest BCUT2D eigenvalue weighted by Crippen LogP contribution is -2.46. The molecule has 2 rings (SSSR count). The molecule has 0 aliphatic carbocycles. The van der Waals surface area contributed by atoms with Gasteiger partial charge >= 0.3 is 0 Å². The molecule has 0 spiro atoms. The average Bonchev–Trinajstić information content (AvgIpc) is 2.37. The van der Waals surface area contributed by atoms with E-state index in [0.717, 1.165) is 0 Å². The van der Waals surface area contributed by atoms with E-state index >= 15 is 0 Å². The van der Waals surface area contributed by atoms with Crippen LogP contribution in [-0.4, -0.2) is 37.5 Å². The SMILES string of the molecule is Fc1cc(F)c([C@@H](CC(F)F)N2CCNCC2)c(F)c1. The third kappa shape index (κ3) is 3.46. The van der Waals surface area contributed by atoms with Crippen LogP contribution in [0.4, 0.5) is 22.0 Å². The molecule has 2 nitrogen and oxygen atoms in total. The Morgan fingerprint density at radius 1 is 1.05 bits per heavy atom. The van der Waals surface area contributed by atoms with Crippen LogP contribution in [0, 0.1) is 17.5 Å². The molecule has 1 aromatic carbocycles. The fourth-order valence-electron chi connectivity index (χ4n) is 2.48. The number of nitrogens with one attached hydrogen (secondary N) is 1. The van der Waals surface area contributed by atoms with Crippen LogP contribution in [0.25, 0.3) is 0 Å². The Bertz CT molecular complexity index is 437. The minimum absolute atomic E-state index is 0.410. The zero-order valence-electron chi connectivity index (χ0n) is 10.7. The first-order chi connectivity index (χ1) is 9.49. The molecule has 7 heteroatoms. The Morgan fingerprint density at radius 3 is 2.10 bits per heavy atom. The van der Waals surface area contributed by atoms with E-state index in [1.165, 1.54) is 0 Å². The minimum atomic E-state index is -2.70. The monoisotopic (exact) mass is 294 g/mol. The van der Waals surface area contributed by atoms with Crippen molar-refractivity contribution in [3.05, 3.63) is 35.1 Å². The van der Waals surface area contributed by atoms with Crippen molar-refractivity contribution in [1.29, 1.82) is 0 Å². The molecule has 1 aromatic rings. The topological polar surface area (TPSA) is 15.3 Å². The van der Waals surface area contributed by atoms with Gasteiger partial charge in [0, 0.05) is 56.3 Å².